The zero-order valence-electron chi connectivity index (χ0n) is 15.6. The average molecular weight is 355 g/mol. The summed E-state index contributed by atoms with van der Waals surface area (Å²) in [5.41, 5.74) is 0. The Balaban J connectivity index is 1.80. The third kappa shape index (κ3) is 6.54. The quantitative estimate of drug-likeness (QED) is 0.589. The molecule has 1 aliphatic carbocycles. The van der Waals surface area contributed by atoms with Crippen molar-refractivity contribution in [3.63, 3.8) is 0 Å². The second-order valence-corrected chi connectivity index (χ2v) is 9.22. The van der Waals surface area contributed by atoms with Gasteiger partial charge < -0.3 is 15.5 Å². The fourth-order valence-electron chi connectivity index (χ4n) is 3.43. The Hall–Kier alpha value is -0.910. The van der Waals surface area contributed by atoms with Gasteiger partial charge in [0.05, 0.1) is 6.54 Å². The highest BCUT2D eigenvalue weighted by molar-refractivity contribution is 8.00. The number of amides is 1. The fourth-order valence-corrected chi connectivity index (χ4v) is 4.54. The summed E-state index contributed by atoms with van der Waals surface area (Å²) < 4.78 is 0.257. The van der Waals surface area contributed by atoms with Crippen molar-refractivity contribution in [3.05, 3.63) is 0 Å². The maximum absolute atomic E-state index is 12.1. The van der Waals surface area contributed by atoms with Crippen molar-refractivity contribution in [2.75, 3.05) is 31.9 Å². The number of nitrogens with zero attached hydrogens (tertiary/aromatic N) is 2. The van der Waals surface area contributed by atoms with Crippen LogP contribution in [-0.4, -0.2) is 59.5 Å². The molecule has 0 atom stereocenters. The van der Waals surface area contributed by atoms with Crippen molar-refractivity contribution in [1.29, 1.82) is 0 Å². The number of hydrogen-bond acceptors (Lipinski definition) is 3. The van der Waals surface area contributed by atoms with Crippen LogP contribution in [0.1, 0.15) is 59.3 Å². The first-order valence-electron chi connectivity index (χ1n) is 9.47. The van der Waals surface area contributed by atoms with E-state index in [0.717, 1.165) is 44.2 Å². The molecule has 2 aliphatic rings. The molecule has 2 N–H and O–H groups in total. The number of aliphatic imine (C=N–C) groups is 1. The first-order chi connectivity index (χ1) is 11.5. The van der Waals surface area contributed by atoms with Crippen molar-refractivity contribution >= 4 is 23.6 Å². The van der Waals surface area contributed by atoms with Gasteiger partial charge in [0.1, 0.15) is 0 Å². The second kappa shape index (κ2) is 9.54. The number of carbonyl (C=O) groups is 1. The molecule has 0 radical (unpaired) electrons. The Morgan fingerprint density at radius 3 is 2.71 bits per heavy atom. The summed E-state index contributed by atoms with van der Waals surface area (Å²) in [4.78, 5) is 19.1. The minimum atomic E-state index is 0.149. The molecule has 24 heavy (non-hydrogen) atoms. The summed E-state index contributed by atoms with van der Waals surface area (Å²) >= 11 is 2.02. The summed E-state index contributed by atoms with van der Waals surface area (Å²) in [5.74, 6) is 2.23. The third-order valence-electron chi connectivity index (χ3n) is 4.63. The van der Waals surface area contributed by atoms with Gasteiger partial charge in [-0.3, -0.25) is 9.79 Å². The minimum absolute atomic E-state index is 0.149. The number of rotatable bonds is 5. The van der Waals surface area contributed by atoms with Crippen LogP contribution in [0.25, 0.3) is 0 Å². The van der Waals surface area contributed by atoms with Crippen LogP contribution in [0.15, 0.2) is 4.99 Å². The minimum Gasteiger partial charge on any atom is -0.357 e. The molecule has 0 bridgehead atoms. The molecule has 1 saturated heterocycles. The van der Waals surface area contributed by atoms with Crippen LogP contribution >= 0.6 is 11.8 Å². The van der Waals surface area contributed by atoms with E-state index >= 15 is 0 Å². The van der Waals surface area contributed by atoms with E-state index in [-0.39, 0.29) is 10.7 Å². The SMILES string of the molecule is CCNC(=NCCC(=O)NC1CCCCC1)N1CCSC(C)(C)C1. The first-order valence-corrected chi connectivity index (χ1v) is 10.5. The Labute approximate surface area is 151 Å². The zero-order valence-corrected chi connectivity index (χ0v) is 16.4. The molecule has 1 heterocycles. The largest absolute Gasteiger partial charge is 0.357 e. The molecule has 0 aromatic rings. The smallest absolute Gasteiger partial charge is 0.222 e. The number of carbonyl (C=O) groups excluding carboxylic acids is 1. The first kappa shape index (κ1) is 19.4. The molecule has 2 fully saturated rings. The monoisotopic (exact) mass is 354 g/mol. The molecule has 0 spiro atoms. The van der Waals surface area contributed by atoms with Crippen molar-refractivity contribution in [3.8, 4) is 0 Å². The standard InChI is InChI=1S/C18H34N4OS/c1-4-19-17(22-12-13-24-18(2,3)14-22)20-11-10-16(23)21-15-8-6-5-7-9-15/h15H,4-14H2,1-3H3,(H,19,20)(H,21,23). The highest BCUT2D eigenvalue weighted by Crippen LogP contribution is 2.29. The van der Waals surface area contributed by atoms with Crippen LogP contribution < -0.4 is 10.6 Å². The molecule has 1 amide bonds. The summed E-state index contributed by atoms with van der Waals surface area (Å²) in [7, 11) is 0. The lowest BCUT2D eigenvalue weighted by Gasteiger charge is -2.39. The average Bonchev–Trinajstić information content (AvgIpc) is 2.54. The predicted molar refractivity (Wildman–Crippen MR) is 104 cm³/mol. The molecule has 1 saturated carbocycles. The number of nitrogens with one attached hydrogen (secondary N) is 2. The van der Waals surface area contributed by atoms with Gasteiger partial charge in [0.15, 0.2) is 5.96 Å². The molecule has 1 aliphatic heterocycles. The van der Waals surface area contributed by atoms with Gasteiger partial charge in [-0.15, -0.1) is 0 Å². The highest BCUT2D eigenvalue weighted by atomic mass is 32.2. The van der Waals surface area contributed by atoms with Crippen molar-refractivity contribution in [1.82, 2.24) is 15.5 Å². The third-order valence-corrected chi connectivity index (χ3v) is 5.93. The summed E-state index contributed by atoms with van der Waals surface area (Å²) in [6.45, 7) is 10.1. The lowest BCUT2D eigenvalue weighted by atomic mass is 9.95. The molecule has 5 nitrogen and oxygen atoms in total. The van der Waals surface area contributed by atoms with Crippen LogP contribution in [0, 0.1) is 0 Å². The van der Waals surface area contributed by atoms with Crippen molar-refractivity contribution in [2.45, 2.75) is 70.1 Å². The predicted octanol–water partition coefficient (Wildman–Crippen LogP) is 2.62. The Bertz CT molecular complexity index is 433. The van der Waals surface area contributed by atoms with Crippen LogP contribution in [0.5, 0.6) is 0 Å². The number of hydrogen-bond donors (Lipinski definition) is 2. The van der Waals surface area contributed by atoms with Crippen molar-refractivity contribution < 1.29 is 4.79 Å². The van der Waals surface area contributed by atoms with Crippen LogP contribution in [0.4, 0.5) is 0 Å². The molecular weight excluding hydrogens is 320 g/mol. The van der Waals surface area contributed by atoms with Gasteiger partial charge in [-0.25, -0.2) is 0 Å². The van der Waals surface area contributed by atoms with E-state index in [1.54, 1.807) is 0 Å². The molecule has 0 aromatic carbocycles. The Kier molecular flexibility index (Phi) is 7.72. The number of guanidine groups is 1. The van der Waals surface area contributed by atoms with Crippen LogP contribution in [0.3, 0.4) is 0 Å². The molecule has 138 valence electrons. The summed E-state index contributed by atoms with van der Waals surface area (Å²) in [6, 6.07) is 0.392. The normalized spacial score (nSPS) is 22.3. The van der Waals surface area contributed by atoms with E-state index in [4.69, 9.17) is 4.99 Å². The topological polar surface area (TPSA) is 56.7 Å². The van der Waals surface area contributed by atoms with Crippen molar-refractivity contribution in [2.24, 2.45) is 4.99 Å². The second-order valence-electron chi connectivity index (χ2n) is 7.42. The van der Waals surface area contributed by atoms with Crippen LogP contribution in [-0.2, 0) is 4.79 Å². The van der Waals surface area contributed by atoms with E-state index in [0.29, 0.717) is 19.0 Å². The maximum Gasteiger partial charge on any atom is 0.222 e. The van der Waals surface area contributed by atoms with Gasteiger partial charge in [-0.05, 0) is 33.6 Å². The highest BCUT2D eigenvalue weighted by Gasteiger charge is 2.28. The van der Waals surface area contributed by atoms with E-state index in [1.165, 1.54) is 19.3 Å². The maximum atomic E-state index is 12.1. The Morgan fingerprint density at radius 1 is 1.29 bits per heavy atom. The fraction of sp³-hybridized carbons (Fsp3) is 0.889. The molecule has 6 heteroatoms. The van der Waals surface area contributed by atoms with Crippen LogP contribution in [0.2, 0.25) is 0 Å². The van der Waals surface area contributed by atoms with E-state index in [9.17, 15) is 4.79 Å². The van der Waals surface area contributed by atoms with Gasteiger partial charge in [-0.1, -0.05) is 19.3 Å². The molecule has 2 rings (SSSR count). The lowest BCUT2D eigenvalue weighted by molar-refractivity contribution is -0.121. The van der Waals surface area contributed by atoms with Gasteiger partial charge in [0, 0.05) is 42.6 Å². The van der Waals surface area contributed by atoms with Gasteiger partial charge in [-0.2, -0.15) is 11.8 Å². The lowest BCUT2D eigenvalue weighted by Crippen LogP contribution is -2.51. The number of thioether (sulfide) groups is 1. The molecule has 0 aromatic heterocycles. The van der Waals surface area contributed by atoms with Gasteiger partial charge in [0.25, 0.3) is 0 Å². The molecular formula is C18H34N4OS. The summed E-state index contributed by atoms with van der Waals surface area (Å²) in [5, 5.41) is 6.55. The van der Waals surface area contributed by atoms with Gasteiger partial charge >= 0.3 is 0 Å². The van der Waals surface area contributed by atoms with E-state index in [1.807, 2.05) is 11.8 Å². The molecule has 0 unspecified atom stereocenters. The summed E-state index contributed by atoms with van der Waals surface area (Å²) in [6.07, 6.45) is 6.56. The van der Waals surface area contributed by atoms with Gasteiger partial charge in [0.2, 0.25) is 5.91 Å². The Morgan fingerprint density at radius 2 is 2.04 bits per heavy atom. The van der Waals surface area contributed by atoms with E-state index < -0.39 is 0 Å². The zero-order chi connectivity index (χ0) is 17.4. The van der Waals surface area contributed by atoms with E-state index in [2.05, 4.69) is 36.3 Å².